The molecule has 4 nitrogen and oxygen atoms in total. The third-order valence-corrected chi connectivity index (χ3v) is 5.04. The summed E-state index contributed by atoms with van der Waals surface area (Å²) in [5.74, 6) is 0. The quantitative estimate of drug-likeness (QED) is 0.463. The van der Waals surface area contributed by atoms with E-state index >= 15 is 0 Å². The first-order valence-electron chi connectivity index (χ1n) is 8.37. The lowest BCUT2D eigenvalue weighted by atomic mass is 9.95. The largest absolute Gasteiger partial charge is 0.265 e. The monoisotopic (exact) mass is 354 g/mol. The highest BCUT2D eigenvalue weighted by Gasteiger charge is 2.13. The Labute approximate surface area is 154 Å². The first kappa shape index (κ1) is 15.1. The Hall–Kier alpha value is -3.18. The van der Waals surface area contributed by atoms with E-state index in [-0.39, 0.29) is 0 Å². The molecule has 0 saturated heterocycles. The van der Waals surface area contributed by atoms with Gasteiger partial charge in [-0.1, -0.05) is 18.2 Å². The summed E-state index contributed by atoms with van der Waals surface area (Å²) in [7, 11) is 0. The second-order valence-electron chi connectivity index (χ2n) is 6.19. The van der Waals surface area contributed by atoms with Crippen molar-refractivity contribution in [3.05, 3.63) is 84.3 Å². The Balaban J connectivity index is 1.74. The minimum absolute atomic E-state index is 0.853. The van der Waals surface area contributed by atoms with Crippen molar-refractivity contribution in [1.29, 1.82) is 0 Å². The maximum absolute atomic E-state index is 4.64. The summed E-state index contributed by atoms with van der Waals surface area (Å²) >= 11 is 1.25. The average molecular weight is 354 g/mol. The molecule has 0 radical (unpaired) electrons. The Kier molecular flexibility index (Phi) is 3.65. The molecule has 0 bridgehead atoms. The second kappa shape index (κ2) is 6.28. The van der Waals surface area contributed by atoms with Gasteiger partial charge in [-0.05, 0) is 53.9 Å². The van der Waals surface area contributed by atoms with Crippen molar-refractivity contribution in [3.63, 3.8) is 0 Å². The fourth-order valence-corrected chi connectivity index (χ4v) is 3.87. The SMILES string of the molecule is c1cnc2c(-c3cccc4nsnc34)cc(Cc3ccncc3)cc2c1. The van der Waals surface area contributed by atoms with Gasteiger partial charge in [0.1, 0.15) is 11.0 Å². The van der Waals surface area contributed by atoms with Gasteiger partial charge >= 0.3 is 0 Å². The smallest absolute Gasteiger partial charge is 0.112 e. The Morgan fingerprint density at radius 3 is 2.58 bits per heavy atom. The molecule has 5 aromatic rings. The van der Waals surface area contributed by atoms with Gasteiger partial charge in [0.25, 0.3) is 0 Å². The number of nitrogens with zero attached hydrogens (tertiary/aromatic N) is 4. The van der Waals surface area contributed by atoms with Crippen LogP contribution in [-0.2, 0) is 6.42 Å². The zero-order valence-corrected chi connectivity index (χ0v) is 14.6. The summed E-state index contributed by atoms with van der Waals surface area (Å²) in [6.45, 7) is 0. The van der Waals surface area contributed by atoms with Gasteiger partial charge in [-0.15, -0.1) is 0 Å². The lowest BCUT2D eigenvalue weighted by Crippen LogP contribution is -1.93. The highest BCUT2D eigenvalue weighted by atomic mass is 32.1. The second-order valence-corrected chi connectivity index (χ2v) is 6.72. The van der Waals surface area contributed by atoms with Crippen molar-refractivity contribution in [2.75, 3.05) is 0 Å². The van der Waals surface area contributed by atoms with E-state index in [4.69, 9.17) is 0 Å². The van der Waals surface area contributed by atoms with E-state index in [1.807, 2.05) is 36.8 Å². The van der Waals surface area contributed by atoms with Crippen LogP contribution in [0.5, 0.6) is 0 Å². The van der Waals surface area contributed by atoms with E-state index in [1.54, 1.807) is 0 Å². The first-order chi connectivity index (χ1) is 12.9. The predicted octanol–water partition coefficient (Wildman–Crippen LogP) is 4.89. The maximum atomic E-state index is 4.64. The average Bonchev–Trinajstić information content (AvgIpc) is 3.17. The van der Waals surface area contributed by atoms with Gasteiger partial charge < -0.3 is 0 Å². The van der Waals surface area contributed by atoms with Crippen LogP contribution in [0.2, 0.25) is 0 Å². The Bertz CT molecular complexity index is 1210. The van der Waals surface area contributed by atoms with E-state index in [2.05, 4.69) is 55.1 Å². The summed E-state index contributed by atoms with van der Waals surface area (Å²) in [5, 5.41) is 1.13. The fraction of sp³-hybridized carbons (Fsp3) is 0.0476. The molecular weight excluding hydrogens is 340 g/mol. The number of pyridine rings is 2. The third-order valence-electron chi connectivity index (χ3n) is 4.50. The molecule has 26 heavy (non-hydrogen) atoms. The number of fused-ring (bicyclic) bond motifs is 2. The van der Waals surface area contributed by atoms with E-state index in [0.29, 0.717) is 0 Å². The van der Waals surface area contributed by atoms with Crippen LogP contribution in [0.15, 0.2) is 73.2 Å². The van der Waals surface area contributed by atoms with Crippen LogP contribution in [0.25, 0.3) is 33.1 Å². The molecule has 3 heterocycles. The van der Waals surface area contributed by atoms with Crippen molar-refractivity contribution in [2.24, 2.45) is 0 Å². The van der Waals surface area contributed by atoms with Gasteiger partial charge in [-0.25, -0.2) is 0 Å². The Morgan fingerprint density at radius 2 is 1.65 bits per heavy atom. The molecule has 3 aromatic heterocycles. The molecular formula is C21H14N4S. The first-order valence-corrected chi connectivity index (χ1v) is 9.10. The van der Waals surface area contributed by atoms with Gasteiger partial charge in [0.15, 0.2) is 0 Å². The zero-order valence-electron chi connectivity index (χ0n) is 13.8. The molecule has 0 spiro atoms. The number of hydrogen-bond donors (Lipinski definition) is 0. The van der Waals surface area contributed by atoms with E-state index in [0.717, 1.165) is 39.5 Å². The van der Waals surface area contributed by atoms with Crippen molar-refractivity contribution in [2.45, 2.75) is 6.42 Å². The van der Waals surface area contributed by atoms with Crippen LogP contribution in [0, 0.1) is 0 Å². The maximum Gasteiger partial charge on any atom is 0.112 e. The molecule has 0 atom stereocenters. The molecule has 2 aromatic carbocycles. The number of benzene rings is 2. The fourth-order valence-electron chi connectivity index (χ4n) is 3.32. The molecule has 124 valence electrons. The number of rotatable bonds is 3. The van der Waals surface area contributed by atoms with Gasteiger partial charge in [0.05, 0.1) is 17.2 Å². The molecule has 0 aliphatic heterocycles. The van der Waals surface area contributed by atoms with Gasteiger partial charge in [0.2, 0.25) is 0 Å². The lowest BCUT2D eigenvalue weighted by Gasteiger charge is -2.10. The minimum Gasteiger partial charge on any atom is -0.265 e. The molecule has 0 amide bonds. The number of hydrogen-bond acceptors (Lipinski definition) is 5. The minimum atomic E-state index is 0.853. The molecule has 0 fully saturated rings. The molecule has 5 heteroatoms. The third kappa shape index (κ3) is 2.62. The molecule has 0 aliphatic rings. The van der Waals surface area contributed by atoms with Gasteiger partial charge in [0, 0.05) is 35.1 Å². The lowest BCUT2D eigenvalue weighted by molar-refractivity contribution is 1.17. The summed E-state index contributed by atoms with van der Waals surface area (Å²) < 4.78 is 8.89. The van der Waals surface area contributed by atoms with Crippen molar-refractivity contribution < 1.29 is 0 Å². The highest BCUT2D eigenvalue weighted by Crippen LogP contribution is 2.33. The highest BCUT2D eigenvalue weighted by molar-refractivity contribution is 7.00. The van der Waals surface area contributed by atoms with Gasteiger partial charge in [-0.2, -0.15) is 8.75 Å². The summed E-state index contributed by atoms with van der Waals surface area (Å²) in [4.78, 5) is 8.75. The number of aromatic nitrogens is 4. The normalized spacial score (nSPS) is 11.2. The Morgan fingerprint density at radius 1 is 0.731 bits per heavy atom. The molecule has 0 saturated carbocycles. The van der Waals surface area contributed by atoms with Crippen LogP contribution in [0.1, 0.15) is 11.1 Å². The van der Waals surface area contributed by atoms with E-state index in [9.17, 15) is 0 Å². The van der Waals surface area contributed by atoms with Crippen LogP contribution in [0.3, 0.4) is 0 Å². The van der Waals surface area contributed by atoms with Gasteiger partial charge in [-0.3, -0.25) is 9.97 Å². The molecule has 0 aliphatic carbocycles. The zero-order chi connectivity index (χ0) is 17.3. The van der Waals surface area contributed by atoms with Crippen LogP contribution in [0.4, 0.5) is 0 Å². The summed E-state index contributed by atoms with van der Waals surface area (Å²) in [6, 6.07) is 18.8. The van der Waals surface area contributed by atoms with E-state index in [1.165, 1.54) is 22.9 Å². The molecule has 5 rings (SSSR count). The topological polar surface area (TPSA) is 51.6 Å². The molecule has 0 unspecified atom stereocenters. The van der Waals surface area contributed by atoms with Crippen molar-refractivity contribution >= 4 is 33.7 Å². The molecule has 0 N–H and O–H groups in total. The van der Waals surface area contributed by atoms with Crippen LogP contribution >= 0.6 is 11.7 Å². The van der Waals surface area contributed by atoms with E-state index < -0.39 is 0 Å². The van der Waals surface area contributed by atoms with Crippen LogP contribution < -0.4 is 0 Å². The van der Waals surface area contributed by atoms with Crippen LogP contribution in [-0.4, -0.2) is 18.7 Å². The van der Waals surface area contributed by atoms with Crippen molar-refractivity contribution in [1.82, 2.24) is 18.7 Å². The summed E-state index contributed by atoms with van der Waals surface area (Å²) in [6.07, 6.45) is 6.36. The predicted molar refractivity (Wildman–Crippen MR) is 105 cm³/mol. The van der Waals surface area contributed by atoms with Crippen molar-refractivity contribution in [3.8, 4) is 11.1 Å². The standard InChI is InChI=1S/C21H14N4S/c1-4-17(21-19(5-1)24-26-25-21)18-13-15(11-14-6-9-22-10-7-14)12-16-3-2-8-23-20(16)18/h1-10,12-13H,11H2. The summed E-state index contributed by atoms with van der Waals surface area (Å²) in [5.41, 5.74) is 7.52.